The number of methoxy groups -OCH3 is 2. The average Bonchev–Trinajstić information content (AvgIpc) is 3.44. The van der Waals surface area contributed by atoms with Gasteiger partial charge < -0.3 is 23.9 Å². The van der Waals surface area contributed by atoms with E-state index in [1.807, 2.05) is 31.2 Å². The Morgan fingerprint density at radius 2 is 1.86 bits per heavy atom. The lowest BCUT2D eigenvalue weighted by molar-refractivity contribution is -0.123. The fourth-order valence-electron chi connectivity index (χ4n) is 3.54. The topological polar surface area (TPSA) is 107 Å². The highest BCUT2D eigenvalue weighted by atomic mass is 79.9. The number of imide groups is 1. The zero-order valence-electron chi connectivity index (χ0n) is 19.8. The van der Waals surface area contributed by atoms with E-state index in [2.05, 4.69) is 26.0 Å². The van der Waals surface area contributed by atoms with E-state index in [0.29, 0.717) is 21.5 Å². The van der Waals surface area contributed by atoms with Crippen LogP contribution in [0, 0.1) is 6.92 Å². The van der Waals surface area contributed by atoms with Crippen molar-refractivity contribution in [3.8, 4) is 11.5 Å². The van der Waals surface area contributed by atoms with Gasteiger partial charge >= 0.3 is 12.0 Å². The number of ether oxygens (including phenoxy) is 3. The molecule has 2 aromatic carbocycles. The molecule has 36 heavy (non-hydrogen) atoms. The fourth-order valence-corrected chi connectivity index (χ4v) is 4.00. The van der Waals surface area contributed by atoms with E-state index in [1.165, 1.54) is 32.4 Å². The van der Waals surface area contributed by atoms with Gasteiger partial charge in [0.15, 0.2) is 11.5 Å². The summed E-state index contributed by atoms with van der Waals surface area (Å²) in [5.74, 6) is -0.0931. The van der Waals surface area contributed by atoms with Crippen LogP contribution in [0.3, 0.4) is 0 Å². The molecular weight excluding hydrogens is 532 g/mol. The van der Waals surface area contributed by atoms with Crippen molar-refractivity contribution in [3.05, 3.63) is 86.9 Å². The summed E-state index contributed by atoms with van der Waals surface area (Å²) in [6.45, 7) is 2.13. The smallest absolute Gasteiger partial charge is 0.373 e. The molecule has 0 bridgehead atoms. The molecule has 0 atom stereocenters. The molecule has 0 aliphatic carbocycles. The number of hydrogen-bond acceptors (Lipinski definition) is 7. The molecule has 1 N–H and O–H groups in total. The van der Waals surface area contributed by atoms with Crippen LogP contribution in [0.2, 0.25) is 0 Å². The van der Waals surface area contributed by atoms with Gasteiger partial charge in [-0.3, -0.25) is 9.69 Å². The fraction of sp³-hybridized carbons (Fsp3) is 0.192. The van der Waals surface area contributed by atoms with Gasteiger partial charge in [0.1, 0.15) is 18.1 Å². The SMILES string of the molecule is COC(=O)c1ccc(CN2C(=O)N/C(=C\c3cc(Br)cc(OC)c3OCc3ccc(C)cc3)C2=O)o1. The lowest BCUT2D eigenvalue weighted by Gasteiger charge is -2.15. The number of benzene rings is 2. The zero-order valence-corrected chi connectivity index (χ0v) is 21.4. The monoisotopic (exact) mass is 554 g/mol. The Balaban J connectivity index is 1.59. The second-order valence-electron chi connectivity index (χ2n) is 7.94. The maximum absolute atomic E-state index is 13.0. The quantitative estimate of drug-likeness (QED) is 0.241. The van der Waals surface area contributed by atoms with E-state index in [-0.39, 0.29) is 30.4 Å². The summed E-state index contributed by atoms with van der Waals surface area (Å²) in [5, 5.41) is 2.58. The van der Waals surface area contributed by atoms with Gasteiger partial charge in [0.25, 0.3) is 5.91 Å². The van der Waals surface area contributed by atoms with Gasteiger partial charge in [-0.1, -0.05) is 45.8 Å². The standard InChI is InChI=1S/C26H23BrN2O7/c1-15-4-6-16(7-5-15)14-35-23-17(10-18(27)12-22(23)33-2)11-20-24(30)29(26(32)28-20)13-19-8-9-21(36-19)25(31)34-3/h4-12H,13-14H2,1-3H3,(H,28,32)/b20-11-. The summed E-state index contributed by atoms with van der Waals surface area (Å²) < 4.78 is 22.3. The number of nitrogens with one attached hydrogen (secondary N) is 1. The van der Waals surface area contributed by atoms with Crippen LogP contribution in [-0.2, 0) is 22.7 Å². The van der Waals surface area contributed by atoms with Crippen LogP contribution in [-0.4, -0.2) is 37.0 Å². The molecule has 3 aromatic rings. The molecule has 1 fully saturated rings. The molecule has 1 aliphatic rings. The molecule has 3 amide bonds. The van der Waals surface area contributed by atoms with Crippen molar-refractivity contribution in [2.45, 2.75) is 20.1 Å². The maximum Gasteiger partial charge on any atom is 0.373 e. The number of hydrogen-bond donors (Lipinski definition) is 1. The van der Waals surface area contributed by atoms with Crippen LogP contribution in [0.1, 0.15) is 33.0 Å². The molecule has 9 nitrogen and oxygen atoms in total. The van der Waals surface area contributed by atoms with E-state index in [1.54, 1.807) is 12.1 Å². The number of amides is 3. The van der Waals surface area contributed by atoms with Crippen molar-refractivity contribution < 1.29 is 33.0 Å². The predicted octanol–water partition coefficient (Wildman–Crippen LogP) is 4.82. The van der Waals surface area contributed by atoms with Crippen molar-refractivity contribution in [3.63, 3.8) is 0 Å². The number of halogens is 1. The Morgan fingerprint density at radius 1 is 1.11 bits per heavy atom. The van der Waals surface area contributed by atoms with Gasteiger partial charge in [0.05, 0.1) is 20.8 Å². The average molecular weight is 555 g/mol. The van der Waals surface area contributed by atoms with Gasteiger partial charge in [-0.25, -0.2) is 9.59 Å². The number of aryl methyl sites for hydroxylation is 1. The Morgan fingerprint density at radius 3 is 2.56 bits per heavy atom. The molecule has 1 aliphatic heterocycles. The van der Waals surface area contributed by atoms with Crippen LogP contribution in [0.5, 0.6) is 11.5 Å². The number of carbonyl (C=O) groups is 3. The van der Waals surface area contributed by atoms with E-state index >= 15 is 0 Å². The van der Waals surface area contributed by atoms with Crippen molar-refractivity contribution in [1.82, 2.24) is 10.2 Å². The minimum Gasteiger partial charge on any atom is -0.493 e. The van der Waals surface area contributed by atoms with Crippen molar-refractivity contribution in [2.24, 2.45) is 0 Å². The molecule has 1 saturated heterocycles. The summed E-state index contributed by atoms with van der Waals surface area (Å²) >= 11 is 3.45. The Hall–Kier alpha value is -4.05. The molecule has 4 rings (SSSR count). The predicted molar refractivity (Wildman–Crippen MR) is 133 cm³/mol. The van der Waals surface area contributed by atoms with Crippen LogP contribution in [0.25, 0.3) is 6.08 Å². The third-order valence-electron chi connectivity index (χ3n) is 5.40. The maximum atomic E-state index is 13.0. The van der Waals surface area contributed by atoms with Gasteiger partial charge in [-0.05, 0) is 42.8 Å². The number of nitrogens with zero attached hydrogens (tertiary/aromatic N) is 1. The molecule has 0 unspecified atom stereocenters. The van der Waals surface area contributed by atoms with Crippen LogP contribution in [0.4, 0.5) is 4.79 Å². The lowest BCUT2D eigenvalue weighted by atomic mass is 10.1. The molecule has 0 spiro atoms. The van der Waals surface area contributed by atoms with Gasteiger partial charge in [0.2, 0.25) is 5.76 Å². The van der Waals surface area contributed by atoms with Crippen molar-refractivity contribution in [2.75, 3.05) is 14.2 Å². The highest BCUT2D eigenvalue weighted by Gasteiger charge is 2.34. The van der Waals surface area contributed by atoms with Crippen LogP contribution in [0.15, 0.2) is 63.1 Å². The minimum absolute atomic E-state index is 0.0214. The van der Waals surface area contributed by atoms with E-state index < -0.39 is 17.9 Å². The van der Waals surface area contributed by atoms with Crippen LogP contribution < -0.4 is 14.8 Å². The van der Waals surface area contributed by atoms with Gasteiger partial charge in [-0.2, -0.15) is 0 Å². The zero-order chi connectivity index (χ0) is 25.8. The van der Waals surface area contributed by atoms with Crippen LogP contribution >= 0.6 is 15.9 Å². The summed E-state index contributed by atoms with van der Waals surface area (Å²) in [6, 6.07) is 13.7. The van der Waals surface area contributed by atoms with E-state index in [9.17, 15) is 14.4 Å². The second-order valence-corrected chi connectivity index (χ2v) is 8.85. The van der Waals surface area contributed by atoms with Gasteiger partial charge in [-0.15, -0.1) is 0 Å². The molecule has 1 aromatic heterocycles. The first-order valence-electron chi connectivity index (χ1n) is 10.9. The Labute approximate surface area is 215 Å². The molecule has 0 saturated carbocycles. The highest BCUT2D eigenvalue weighted by molar-refractivity contribution is 9.10. The Kier molecular flexibility index (Phi) is 7.44. The highest BCUT2D eigenvalue weighted by Crippen LogP contribution is 2.37. The first-order valence-corrected chi connectivity index (χ1v) is 11.7. The Bertz CT molecular complexity index is 1340. The number of urea groups is 1. The van der Waals surface area contributed by atoms with Crippen molar-refractivity contribution >= 4 is 39.9 Å². The van der Waals surface area contributed by atoms with Crippen molar-refractivity contribution in [1.29, 1.82) is 0 Å². The minimum atomic E-state index is -0.652. The van der Waals surface area contributed by atoms with E-state index in [0.717, 1.165) is 16.0 Å². The van der Waals surface area contributed by atoms with Gasteiger partial charge in [0, 0.05) is 10.0 Å². The molecule has 0 radical (unpaired) electrons. The van der Waals surface area contributed by atoms with E-state index in [4.69, 9.17) is 13.9 Å². The number of rotatable bonds is 8. The second kappa shape index (κ2) is 10.7. The first-order chi connectivity index (χ1) is 17.3. The molecule has 10 heteroatoms. The molecule has 186 valence electrons. The lowest BCUT2D eigenvalue weighted by Crippen LogP contribution is -2.30. The summed E-state index contributed by atoms with van der Waals surface area (Å²) in [7, 11) is 2.75. The third-order valence-corrected chi connectivity index (χ3v) is 5.85. The number of carbonyl (C=O) groups excluding carboxylic acids is 3. The molecule has 2 heterocycles. The third kappa shape index (κ3) is 5.44. The normalized spacial score (nSPS) is 14.2. The summed E-state index contributed by atoms with van der Waals surface area (Å²) in [6.07, 6.45) is 1.53. The number of esters is 1. The summed E-state index contributed by atoms with van der Waals surface area (Å²) in [5.41, 5.74) is 2.69. The summed E-state index contributed by atoms with van der Waals surface area (Å²) in [4.78, 5) is 38.2. The first kappa shape index (κ1) is 25.1. The number of furan rings is 1. The largest absolute Gasteiger partial charge is 0.493 e. The molecular formula is C26H23BrN2O7.